The molecule has 0 N–H and O–H groups in total. The normalized spacial score (nSPS) is 11.7. The van der Waals surface area contributed by atoms with E-state index in [0.717, 1.165) is 0 Å². The number of carbonyl (C=O) groups is 1. The van der Waals surface area contributed by atoms with Gasteiger partial charge in [0.05, 0.1) is 6.42 Å². The number of rotatable bonds is 4. The number of Topliss-reactive ketones (excluding diaryl/α,β-unsaturated/α-hetero) is 1. The lowest BCUT2D eigenvalue weighted by Crippen LogP contribution is -2.14. The molecule has 6 heteroatoms. The summed E-state index contributed by atoms with van der Waals surface area (Å²) in [6.45, 7) is 2.24. The molecular weight excluding hydrogens is 209 g/mol. The molecule has 0 aromatic carbocycles. The Bertz CT molecular complexity index is 343. The van der Waals surface area contributed by atoms with Crippen LogP contribution in [0.5, 0.6) is 0 Å². The highest BCUT2D eigenvalue weighted by molar-refractivity contribution is 5.94. The van der Waals surface area contributed by atoms with Crippen LogP contribution in [0.2, 0.25) is 0 Å². The molecule has 84 valence electrons. The highest BCUT2D eigenvalue weighted by Gasteiger charge is 2.28. The number of hydrogen-bond acceptors (Lipinski definition) is 2. The second-order valence-electron chi connectivity index (χ2n) is 3.07. The molecule has 0 unspecified atom stereocenters. The molecule has 1 aromatic heterocycles. The predicted octanol–water partition coefficient (Wildman–Crippen LogP) is 2.43. The second-order valence-corrected chi connectivity index (χ2v) is 3.07. The first-order valence-corrected chi connectivity index (χ1v) is 4.56. The van der Waals surface area contributed by atoms with Crippen molar-refractivity contribution in [2.45, 2.75) is 32.5 Å². The monoisotopic (exact) mass is 220 g/mol. The summed E-state index contributed by atoms with van der Waals surface area (Å²) in [5.41, 5.74) is 0.238. The van der Waals surface area contributed by atoms with Gasteiger partial charge in [-0.1, -0.05) is 0 Å². The standard InChI is InChI=1S/C9H11F3N2O/c1-2-14-7(4-6-13-14)8(15)3-5-9(10,11)12/h4,6H,2-3,5H2,1H3. The van der Waals surface area contributed by atoms with Crippen LogP contribution >= 0.6 is 0 Å². The molecule has 1 heterocycles. The Hall–Kier alpha value is -1.33. The number of carbonyl (C=O) groups excluding carboxylic acids is 1. The van der Waals surface area contributed by atoms with Crippen LogP contribution in [0.4, 0.5) is 13.2 Å². The van der Waals surface area contributed by atoms with Crippen LogP contribution in [0.15, 0.2) is 12.3 Å². The third-order valence-corrected chi connectivity index (χ3v) is 1.94. The lowest BCUT2D eigenvalue weighted by molar-refractivity contribution is -0.133. The van der Waals surface area contributed by atoms with E-state index in [4.69, 9.17) is 0 Å². The molecular formula is C9H11F3N2O. The number of aromatic nitrogens is 2. The van der Waals surface area contributed by atoms with Crippen molar-refractivity contribution in [1.29, 1.82) is 0 Å². The van der Waals surface area contributed by atoms with Crippen molar-refractivity contribution < 1.29 is 18.0 Å². The average Bonchev–Trinajstić information content (AvgIpc) is 2.60. The molecule has 0 aliphatic rings. The molecule has 0 aliphatic heterocycles. The van der Waals surface area contributed by atoms with E-state index in [9.17, 15) is 18.0 Å². The lowest BCUT2D eigenvalue weighted by Gasteiger charge is -2.06. The number of ketones is 1. The number of nitrogens with zero attached hydrogens (tertiary/aromatic N) is 2. The Morgan fingerprint density at radius 1 is 1.53 bits per heavy atom. The summed E-state index contributed by atoms with van der Waals surface area (Å²) in [5.74, 6) is -0.522. The van der Waals surface area contributed by atoms with E-state index in [1.807, 2.05) is 0 Å². The average molecular weight is 220 g/mol. The first-order chi connectivity index (χ1) is 6.94. The number of hydrogen-bond donors (Lipinski definition) is 0. The summed E-state index contributed by atoms with van der Waals surface area (Å²) in [4.78, 5) is 11.4. The smallest absolute Gasteiger partial charge is 0.292 e. The van der Waals surface area contributed by atoms with Crippen molar-refractivity contribution in [1.82, 2.24) is 9.78 Å². The van der Waals surface area contributed by atoms with Gasteiger partial charge in [-0.2, -0.15) is 18.3 Å². The minimum Gasteiger partial charge on any atom is -0.292 e. The highest BCUT2D eigenvalue weighted by Crippen LogP contribution is 2.22. The Kier molecular flexibility index (Phi) is 3.49. The molecule has 15 heavy (non-hydrogen) atoms. The third-order valence-electron chi connectivity index (χ3n) is 1.94. The first-order valence-electron chi connectivity index (χ1n) is 4.56. The van der Waals surface area contributed by atoms with Crippen molar-refractivity contribution in [3.05, 3.63) is 18.0 Å². The van der Waals surface area contributed by atoms with Crippen LogP contribution in [0, 0.1) is 0 Å². The van der Waals surface area contributed by atoms with Crippen LogP contribution in [-0.2, 0) is 6.54 Å². The molecule has 0 radical (unpaired) electrons. The van der Waals surface area contributed by atoms with Crippen LogP contribution in [0.25, 0.3) is 0 Å². The molecule has 0 spiro atoms. The molecule has 3 nitrogen and oxygen atoms in total. The molecule has 0 amide bonds. The van der Waals surface area contributed by atoms with E-state index in [0.29, 0.717) is 6.54 Å². The van der Waals surface area contributed by atoms with Crippen molar-refractivity contribution >= 4 is 5.78 Å². The van der Waals surface area contributed by atoms with Crippen LogP contribution in [-0.4, -0.2) is 21.7 Å². The van der Waals surface area contributed by atoms with Gasteiger partial charge in [-0.3, -0.25) is 9.48 Å². The maximum Gasteiger partial charge on any atom is 0.389 e. The molecule has 0 atom stereocenters. The second kappa shape index (κ2) is 4.46. The van der Waals surface area contributed by atoms with E-state index in [1.54, 1.807) is 6.92 Å². The maximum absolute atomic E-state index is 11.9. The zero-order chi connectivity index (χ0) is 11.5. The summed E-state index contributed by atoms with van der Waals surface area (Å²) >= 11 is 0. The number of alkyl halides is 3. The quantitative estimate of drug-likeness (QED) is 0.730. The minimum atomic E-state index is -4.28. The molecule has 1 rings (SSSR count). The van der Waals surface area contributed by atoms with Crippen LogP contribution in [0.1, 0.15) is 30.3 Å². The molecule has 0 bridgehead atoms. The van der Waals surface area contributed by atoms with Gasteiger partial charge in [-0.05, 0) is 13.0 Å². The third kappa shape index (κ3) is 3.38. The van der Waals surface area contributed by atoms with E-state index in [2.05, 4.69) is 5.10 Å². The Balaban J connectivity index is 2.62. The SMILES string of the molecule is CCn1nccc1C(=O)CCC(F)(F)F. The fourth-order valence-electron chi connectivity index (χ4n) is 1.20. The number of halogens is 3. The zero-order valence-corrected chi connectivity index (χ0v) is 8.21. The fraction of sp³-hybridized carbons (Fsp3) is 0.556. The molecule has 0 saturated carbocycles. The maximum atomic E-state index is 11.9. The Morgan fingerprint density at radius 3 is 2.73 bits per heavy atom. The van der Waals surface area contributed by atoms with Crippen molar-refractivity contribution in [2.24, 2.45) is 0 Å². The summed E-state index contributed by atoms with van der Waals surface area (Å²) in [5, 5.41) is 3.81. The Morgan fingerprint density at radius 2 is 2.20 bits per heavy atom. The van der Waals surface area contributed by atoms with Gasteiger partial charge in [-0.15, -0.1) is 0 Å². The van der Waals surface area contributed by atoms with Gasteiger partial charge in [0, 0.05) is 19.2 Å². The fourth-order valence-corrected chi connectivity index (χ4v) is 1.20. The molecule has 0 saturated heterocycles. The van der Waals surface area contributed by atoms with Crippen molar-refractivity contribution in [3.8, 4) is 0 Å². The summed E-state index contributed by atoms with van der Waals surface area (Å²) in [7, 11) is 0. The summed E-state index contributed by atoms with van der Waals surface area (Å²) in [6, 6.07) is 1.43. The molecule has 1 aromatic rings. The van der Waals surface area contributed by atoms with Gasteiger partial charge >= 0.3 is 6.18 Å². The predicted molar refractivity (Wildman–Crippen MR) is 47.5 cm³/mol. The van der Waals surface area contributed by atoms with Crippen molar-refractivity contribution in [2.75, 3.05) is 0 Å². The molecule has 0 fully saturated rings. The lowest BCUT2D eigenvalue weighted by atomic mass is 10.1. The summed E-state index contributed by atoms with van der Waals surface area (Å²) < 4.78 is 37.0. The van der Waals surface area contributed by atoms with E-state index in [1.165, 1.54) is 16.9 Å². The van der Waals surface area contributed by atoms with E-state index in [-0.39, 0.29) is 5.69 Å². The van der Waals surface area contributed by atoms with Gasteiger partial charge in [0.2, 0.25) is 0 Å². The van der Waals surface area contributed by atoms with Crippen LogP contribution in [0.3, 0.4) is 0 Å². The Labute approximate surface area is 84.9 Å². The minimum absolute atomic E-state index is 0.238. The van der Waals surface area contributed by atoms with E-state index < -0.39 is 24.8 Å². The number of aryl methyl sites for hydroxylation is 1. The largest absolute Gasteiger partial charge is 0.389 e. The topological polar surface area (TPSA) is 34.9 Å². The van der Waals surface area contributed by atoms with Gasteiger partial charge in [0.15, 0.2) is 5.78 Å². The van der Waals surface area contributed by atoms with Gasteiger partial charge in [0.1, 0.15) is 5.69 Å². The molecule has 0 aliphatic carbocycles. The highest BCUT2D eigenvalue weighted by atomic mass is 19.4. The first kappa shape index (κ1) is 11.7. The van der Waals surface area contributed by atoms with E-state index >= 15 is 0 Å². The summed E-state index contributed by atoms with van der Waals surface area (Å²) in [6.07, 6.45) is -4.48. The van der Waals surface area contributed by atoms with Crippen molar-refractivity contribution in [3.63, 3.8) is 0 Å². The van der Waals surface area contributed by atoms with Gasteiger partial charge in [-0.25, -0.2) is 0 Å². The zero-order valence-electron chi connectivity index (χ0n) is 8.21. The van der Waals surface area contributed by atoms with Gasteiger partial charge in [0.25, 0.3) is 0 Å². The van der Waals surface area contributed by atoms with Gasteiger partial charge < -0.3 is 0 Å². The van der Waals surface area contributed by atoms with Crippen LogP contribution < -0.4 is 0 Å².